The monoisotopic (exact) mass is 390 g/mol. The molecule has 2 amide bonds. The summed E-state index contributed by atoms with van der Waals surface area (Å²) in [7, 11) is -3.14. The van der Waals surface area contributed by atoms with E-state index in [1.807, 2.05) is 31.2 Å². The number of para-hydroxylation sites is 1. The molecule has 0 atom stereocenters. The largest absolute Gasteiger partial charge is 0.335 e. The highest BCUT2D eigenvalue weighted by Gasteiger charge is 2.23. The summed E-state index contributed by atoms with van der Waals surface area (Å²) in [5.41, 5.74) is 3.34. The van der Waals surface area contributed by atoms with E-state index in [0.29, 0.717) is 18.9 Å². The molecule has 2 N–H and O–H groups in total. The first-order valence-electron chi connectivity index (χ1n) is 9.12. The van der Waals surface area contributed by atoms with Crippen LogP contribution in [0.25, 0.3) is 0 Å². The first-order valence-corrected chi connectivity index (χ1v) is 10.9. The standard InChI is InChI=1S/C20H27N2O4P/c1-4-17-9-7-8-10-19(17)22-20(23)21-18-13-11-16(12-14-18)15-27(24,25-5-2)26-6-3/h7-14H,4-6,15H2,1-3H3,(H2,21,22,23). The van der Waals surface area contributed by atoms with Gasteiger partial charge in [-0.15, -0.1) is 0 Å². The smallest absolute Gasteiger partial charge is 0.309 e. The van der Waals surface area contributed by atoms with Crippen molar-refractivity contribution in [2.45, 2.75) is 33.4 Å². The van der Waals surface area contributed by atoms with Crippen LogP contribution in [-0.2, 0) is 26.2 Å². The summed E-state index contributed by atoms with van der Waals surface area (Å²) in [6.07, 6.45) is 1.04. The third-order valence-electron chi connectivity index (χ3n) is 3.89. The molecule has 2 aromatic carbocycles. The van der Waals surface area contributed by atoms with E-state index in [1.54, 1.807) is 38.1 Å². The molecule has 146 valence electrons. The second-order valence-corrected chi connectivity index (χ2v) is 7.95. The van der Waals surface area contributed by atoms with E-state index in [4.69, 9.17) is 9.05 Å². The average molecular weight is 390 g/mol. The van der Waals surface area contributed by atoms with Gasteiger partial charge in [0.15, 0.2) is 0 Å². The Morgan fingerprint density at radius 2 is 1.56 bits per heavy atom. The zero-order chi connectivity index (χ0) is 19.7. The number of rotatable bonds is 9. The van der Waals surface area contributed by atoms with Gasteiger partial charge < -0.3 is 19.7 Å². The van der Waals surface area contributed by atoms with Gasteiger partial charge in [-0.05, 0) is 49.6 Å². The highest BCUT2D eigenvalue weighted by molar-refractivity contribution is 7.53. The molecule has 2 aromatic rings. The molecular formula is C20H27N2O4P. The van der Waals surface area contributed by atoms with Crippen LogP contribution < -0.4 is 10.6 Å². The van der Waals surface area contributed by atoms with Gasteiger partial charge in [0.05, 0.1) is 19.4 Å². The van der Waals surface area contributed by atoms with E-state index in [-0.39, 0.29) is 12.2 Å². The van der Waals surface area contributed by atoms with Gasteiger partial charge in [-0.1, -0.05) is 37.3 Å². The number of hydrogen-bond acceptors (Lipinski definition) is 4. The van der Waals surface area contributed by atoms with Crippen LogP contribution in [0.1, 0.15) is 31.9 Å². The van der Waals surface area contributed by atoms with E-state index < -0.39 is 7.60 Å². The Balaban J connectivity index is 1.98. The van der Waals surface area contributed by atoms with Crippen LogP contribution in [0.4, 0.5) is 16.2 Å². The quantitative estimate of drug-likeness (QED) is 0.542. The third kappa shape index (κ3) is 6.51. The van der Waals surface area contributed by atoms with Crippen LogP contribution in [-0.4, -0.2) is 19.2 Å². The average Bonchev–Trinajstić information content (AvgIpc) is 2.64. The molecule has 0 aliphatic rings. The summed E-state index contributed by atoms with van der Waals surface area (Å²) in [6.45, 7) is 6.27. The Morgan fingerprint density at radius 1 is 0.926 bits per heavy atom. The predicted molar refractivity (Wildman–Crippen MR) is 109 cm³/mol. The predicted octanol–water partition coefficient (Wildman–Crippen LogP) is 5.66. The number of urea groups is 1. The highest BCUT2D eigenvalue weighted by Crippen LogP contribution is 2.51. The van der Waals surface area contributed by atoms with Crippen LogP contribution >= 0.6 is 7.60 Å². The van der Waals surface area contributed by atoms with Gasteiger partial charge in [-0.25, -0.2) is 4.79 Å². The van der Waals surface area contributed by atoms with Crippen LogP contribution in [0.2, 0.25) is 0 Å². The van der Waals surface area contributed by atoms with E-state index in [1.165, 1.54) is 0 Å². The molecule has 0 radical (unpaired) electrons. The molecule has 2 rings (SSSR count). The molecule has 0 aliphatic heterocycles. The fraction of sp³-hybridized carbons (Fsp3) is 0.350. The van der Waals surface area contributed by atoms with E-state index in [9.17, 15) is 9.36 Å². The van der Waals surface area contributed by atoms with Gasteiger partial charge in [-0.3, -0.25) is 4.57 Å². The zero-order valence-corrected chi connectivity index (χ0v) is 16.9. The number of aryl methyl sites for hydroxylation is 1. The number of amides is 2. The first-order chi connectivity index (χ1) is 13.0. The fourth-order valence-corrected chi connectivity index (χ4v) is 4.38. The summed E-state index contributed by atoms with van der Waals surface area (Å²) < 4.78 is 23.2. The van der Waals surface area contributed by atoms with Gasteiger partial charge >= 0.3 is 13.6 Å². The van der Waals surface area contributed by atoms with Crippen molar-refractivity contribution in [2.75, 3.05) is 23.8 Å². The maximum Gasteiger partial charge on any atom is 0.335 e. The molecule has 6 nitrogen and oxygen atoms in total. The summed E-state index contributed by atoms with van der Waals surface area (Å²) >= 11 is 0. The van der Waals surface area contributed by atoms with Gasteiger partial charge in [-0.2, -0.15) is 0 Å². The minimum Gasteiger partial charge on any atom is -0.309 e. The Morgan fingerprint density at radius 3 is 2.15 bits per heavy atom. The van der Waals surface area contributed by atoms with Crippen LogP contribution in [0.3, 0.4) is 0 Å². The van der Waals surface area contributed by atoms with Crippen molar-refractivity contribution in [2.24, 2.45) is 0 Å². The lowest BCUT2D eigenvalue weighted by Crippen LogP contribution is -2.20. The Labute approximate surface area is 160 Å². The lowest BCUT2D eigenvalue weighted by molar-refractivity contribution is 0.219. The topological polar surface area (TPSA) is 76.7 Å². The van der Waals surface area contributed by atoms with Crippen LogP contribution in [0.15, 0.2) is 48.5 Å². The van der Waals surface area contributed by atoms with Crippen molar-refractivity contribution >= 4 is 25.0 Å². The van der Waals surface area contributed by atoms with Gasteiger partial charge in [0.25, 0.3) is 0 Å². The fourth-order valence-electron chi connectivity index (χ4n) is 2.67. The number of benzene rings is 2. The van der Waals surface area contributed by atoms with Crippen molar-refractivity contribution in [3.05, 3.63) is 59.7 Å². The molecule has 0 unspecified atom stereocenters. The minimum absolute atomic E-state index is 0.199. The molecule has 0 bridgehead atoms. The van der Waals surface area contributed by atoms with Crippen molar-refractivity contribution < 1.29 is 18.4 Å². The van der Waals surface area contributed by atoms with Crippen molar-refractivity contribution in [3.8, 4) is 0 Å². The van der Waals surface area contributed by atoms with Crippen molar-refractivity contribution in [1.29, 1.82) is 0 Å². The summed E-state index contributed by atoms with van der Waals surface area (Å²) in [5, 5.41) is 5.66. The molecule has 0 spiro atoms. The second-order valence-electron chi connectivity index (χ2n) is 5.89. The molecule has 0 saturated heterocycles. The third-order valence-corrected chi connectivity index (χ3v) is 5.94. The molecule has 0 aliphatic carbocycles. The summed E-state index contributed by atoms with van der Waals surface area (Å²) in [5.74, 6) is 0. The molecule has 0 heterocycles. The van der Waals surface area contributed by atoms with E-state index in [2.05, 4.69) is 10.6 Å². The Kier molecular flexibility index (Phi) is 8.04. The Bertz CT molecular complexity index is 783. The van der Waals surface area contributed by atoms with Crippen molar-refractivity contribution in [3.63, 3.8) is 0 Å². The van der Waals surface area contributed by atoms with Gasteiger partial charge in [0, 0.05) is 11.4 Å². The highest BCUT2D eigenvalue weighted by atomic mass is 31.2. The maximum absolute atomic E-state index is 12.6. The van der Waals surface area contributed by atoms with Crippen LogP contribution in [0.5, 0.6) is 0 Å². The molecule has 27 heavy (non-hydrogen) atoms. The number of hydrogen-bond donors (Lipinski definition) is 2. The van der Waals surface area contributed by atoms with Crippen molar-refractivity contribution in [1.82, 2.24) is 0 Å². The number of nitrogens with one attached hydrogen (secondary N) is 2. The lowest BCUT2D eigenvalue weighted by Gasteiger charge is -2.17. The van der Waals surface area contributed by atoms with E-state index >= 15 is 0 Å². The molecular weight excluding hydrogens is 363 g/mol. The first kappa shape index (κ1) is 21.2. The summed E-state index contributed by atoms with van der Waals surface area (Å²) in [4.78, 5) is 12.2. The number of carbonyl (C=O) groups excluding carboxylic acids is 1. The van der Waals surface area contributed by atoms with E-state index in [0.717, 1.165) is 23.2 Å². The molecule has 0 aromatic heterocycles. The van der Waals surface area contributed by atoms with Crippen LogP contribution in [0, 0.1) is 0 Å². The van der Waals surface area contributed by atoms with Gasteiger partial charge in [0.2, 0.25) is 0 Å². The normalized spacial score (nSPS) is 11.2. The second kappa shape index (κ2) is 10.3. The Hall–Kier alpha value is -2.14. The molecule has 0 saturated carbocycles. The number of carbonyl (C=O) groups is 1. The maximum atomic E-state index is 12.6. The molecule has 0 fully saturated rings. The zero-order valence-electron chi connectivity index (χ0n) is 16.0. The minimum atomic E-state index is -3.14. The SMILES string of the molecule is CCOP(=O)(Cc1ccc(NC(=O)Nc2ccccc2CC)cc1)OCC. The molecule has 7 heteroatoms. The van der Waals surface area contributed by atoms with Gasteiger partial charge in [0.1, 0.15) is 0 Å². The summed E-state index contributed by atoms with van der Waals surface area (Å²) in [6, 6.07) is 14.5. The lowest BCUT2D eigenvalue weighted by atomic mass is 10.1. The number of anilines is 2.